The Balaban J connectivity index is 0.00000245. The van der Waals surface area contributed by atoms with Gasteiger partial charge in [0.25, 0.3) is 0 Å². The van der Waals surface area contributed by atoms with Crippen molar-refractivity contribution in [3.8, 4) is 28.3 Å². The fraction of sp³-hybridized carbons (Fsp3) is 0.250. The molecule has 7 nitrogen and oxygen atoms in total. The highest BCUT2D eigenvalue weighted by molar-refractivity contribution is 5.85. The molecule has 0 amide bonds. The van der Waals surface area contributed by atoms with Gasteiger partial charge in [0.15, 0.2) is 5.82 Å². The highest BCUT2D eigenvalue weighted by atomic mass is 35.5. The molecule has 0 radical (unpaired) electrons. The first-order chi connectivity index (χ1) is 15.3. The first-order valence-electron chi connectivity index (χ1n) is 10.5. The van der Waals surface area contributed by atoms with E-state index in [0.717, 1.165) is 52.2 Å². The summed E-state index contributed by atoms with van der Waals surface area (Å²) in [5, 5.41) is 14.3. The number of hydrogen-bond acceptors (Lipinski definition) is 6. The van der Waals surface area contributed by atoms with E-state index in [4.69, 9.17) is 14.5 Å². The van der Waals surface area contributed by atoms with Crippen molar-refractivity contribution in [1.82, 2.24) is 25.6 Å². The van der Waals surface area contributed by atoms with Gasteiger partial charge in [-0.25, -0.2) is 5.10 Å². The Morgan fingerprint density at radius 2 is 1.88 bits per heavy atom. The molecule has 0 atom stereocenters. The number of pyridine rings is 1. The fourth-order valence-corrected chi connectivity index (χ4v) is 3.85. The Labute approximate surface area is 192 Å². The van der Waals surface area contributed by atoms with Crippen molar-refractivity contribution in [3.63, 3.8) is 0 Å². The van der Waals surface area contributed by atoms with Gasteiger partial charge in [-0.3, -0.25) is 4.98 Å². The Morgan fingerprint density at radius 3 is 2.62 bits per heavy atom. The first-order valence-corrected chi connectivity index (χ1v) is 10.5. The van der Waals surface area contributed by atoms with Crippen LogP contribution in [0.25, 0.3) is 22.5 Å². The number of fused-ring (bicyclic) bond motifs is 1. The Kier molecular flexibility index (Phi) is 6.78. The normalized spacial score (nSPS) is 12.7. The second-order valence-corrected chi connectivity index (χ2v) is 7.47. The van der Waals surface area contributed by atoms with Gasteiger partial charge in [-0.1, -0.05) is 55.5 Å². The lowest BCUT2D eigenvalue weighted by Crippen LogP contribution is -2.15. The van der Waals surface area contributed by atoms with Gasteiger partial charge in [0.05, 0.1) is 18.9 Å². The smallest absolute Gasteiger partial charge is 0.180 e. The van der Waals surface area contributed by atoms with Gasteiger partial charge in [0, 0.05) is 29.3 Å². The van der Waals surface area contributed by atoms with Crippen LogP contribution in [-0.4, -0.2) is 32.2 Å². The van der Waals surface area contributed by atoms with Gasteiger partial charge in [-0.15, -0.1) is 17.5 Å². The number of aromatic nitrogens is 5. The molecule has 8 heteroatoms. The van der Waals surface area contributed by atoms with Crippen LogP contribution in [0.5, 0.6) is 5.75 Å². The number of nitrogens with zero attached hydrogens (tertiary/aromatic N) is 4. The third kappa shape index (κ3) is 4.49. The molecule has 5 rings (SSSR count). The molecule has 0 spiro atoms. The molecule has 2 aromatic carbocycles. The topological polar surface area (TPSA) is 85.8 Å². The molecule has 0 saturated carbocycles. The summed E-state index contributed by atoms with van der Waals surface area (Å²) in [5.41, 5.74) is 7.47. The van der Waals surface area contributed by atoms with E-state index in [1.165, 1.54) is 5.56 Å². The molecule has 32 heavy (non-hydrogen) atoms. The van der Waals surface area contributed by atoms with Crippen LogP contribution in [0.1, 0.15) is 29.4 Å². The maximum Gasteiger partial charge on any atom is 0.180 e. The summed E-state index contributed by atoms with van der Waals surface area (Å²) in [5.74, 6) is 1.58. The van der Waals surface area contributed by atoms with E-state index in [2.05, 4.69) is 63.9 Å². The molecule has 2 aromatic heterocycles. The fourth-order valence-electron chi connectivity index (χ4n) is 3.85. The molecular weight excluding hydrogens is 426 g/mol. The van der Waals surface area contributed by atoms with Crippen molar-refractivity contribution in [1.29, 1.82) is 0 Å². The Morgan fingerprint density at radius 1 is 1.06 bits per heavy atom. The number of aryl methyl sites for hydroxylation is 1. The second kappa shape index (κ2) is 9.89. The molecule has 1 aliphatic heterocycles. The molecule has 1 N–H and O–H groups in total. The predicted octanol–water partition coefficient (Wildman–Crippen LogP) is 4.56. The van der Waals surface area contributed by atoms with Gasteiger partial charge in [-0.05, 0) is 33.5 Å². The molecule has 0 unspecified atom stereocenters. The molecule has 3 heterocycles. The lowest BCUT2D eigenvalue weighted by Gasteiger charge is -2.20. The number of benzene rings is 2. The maximum absolute atomic E-state index is 6.23. The molecule has 1 aliphatic rings. The summed E-state index contributed by atoms with van der Waals surface area (Å²) >= 11 is 0. The van der Waals surface area contributed by atoms with E-state index in [-0.39, 0.29) is 12.4 Å². The third-order valence-corrected chi connectivity index (χ3v) is 5.51. The molecule has 0 fully saturated rings. The van der Waals surface area contributed by atoms with E-state index in [1.54, 1.807) is 0 Å². The molecule has 0 bridgehead atoms. The lowest BCUT2D eigenvalue weighted by atomic mass is 9.98. The van der Waals surface area contributed by atoms with E-state index >= 15 is 0 Å². The summed E-state index contributed by atoms with van der Waals surface area (Å²) < 4.78 is 11.8. The van der Waals surface area contributed by atoms with Crippen molar-refractivity contribution in [2.45, 2.75) is 33.0 Å². The maximum atomic E-state index is 6.23. The zero-order chi connectivity index (χ0) is 21.0. The minimum Gasteiger partial charge on any atom is -0.488 e. The van der Waals surface area contributed by atoms with Crippen LogP contribution in [0, 0.1) is 0 Å². The largest absolute Gasteiger partial charge is 0.488 e. The number of ether oxygens (including phenoxy) is 2. The summed E-state index contributed by atoms with van der Waals surface area (Å²) in [6.07, 6.45) is 1.71. The van der Waals surface area contributed by atoms with Gasteiger partial charge < -0.3 is 9.47 Å². The average Bonchev–Trinajstić information content (AvgIpc) is 3.37. The van der Waals surface area contributed by atoms with Crippen LogP contribution in [0.15, 0.2) is 54.6 Å². The zero-order valence-corrected chi connectivity index (χ0v) is 18.6. The molecule has 0 aliphatic carbocycles. The van der Waals surface area contributed by atoms with Crippen LogP contribution in [0.2, 0.25) is 0 Å². The first kappa shape index (κ1) is 21.9. The Hall–Kier alpha value is -3.29. The number of hydrogen-bond donors (Lipinski definition) is 1. The van der Waals surface area contributed by atoms with Crippen LogP contribution in [0.3, 0.4) is 0 Å². The number of rotatable bonds is 6. The third-order valence-electron chi connectivity index (χ3n) is 5.51. The van der Waals surface area contributed by atoms with Gasteiger partial charge in [0.2, 0.25) is 0 Å². The van der Waals surface area contributed by atoms with Crippen molar-refractivity contribution >= 4 is 12.4 Å². The summed E-state index contributed by atoms with van der Waals surface area (Å²) in [6.45, 7) is 3.89. The van der Waals surface area contributed by atoms with Gasteiger partial charge in [0.1, 0.15) is 12.4 Å². The predicted molar refractivity (Wildman–Crippen MR) is 124 cm³/mol. The molecule has 164 valence electrons. The van der Waals surface area contributed by atoms with E-state index < -0.39 is 0 Å². The van der Waals surface area contributed by atoms with Crippen LogP contribution in [0.4, 0.5) is 0 Å². The van der Waals surface area contributed by atoms with E-state index in [0.29, 0.717) is 25.6 Å². The van der Waals surface area contributed by atoms with E-state index in [1.807, 2.05) is 18.2 Å². The number of nitrogens with one attached hydrogen (secondary N) is 1. The highest BCUT2D eigenvalue weighted by Crippen LogP contribution is 2.31. The molecular formula is C24H24ClN5O2. The standard InChI is InChI=1S/C24H23N5O2.ClH/c1-2-18-13-23(21-11-12-30-15-22(21)25-18)31-14-16-7-9-17(10-8-16)19-5-3-4-6-20(19)24-26-28-29-27-24;/h3-10,13H,2,11-12,14-15H2,1H3,(H,26,27,28,29);1H. The van der Waals surface area contributed by atoms with Crippen LogP contribution in [-0.2, 0) is 30.8 Å². The lowest BCUT2D eigenvalue weighted by molar-refractivity contribution is 0.105. The van der Waals surface area contributed by atoms with Crippen LogP contribution >= 0.6 is 12.4 Å². The SMILES string of the molecule is CCc1cc(OCc2ccc(-c3ccccc3-c3nnn[nH]3)cc2)c2c(n1)COCC2.Cl. The number of H-pyrrole nitrogens is 1. The zero-order valence-electron chi connectivity index (χ0n) is 17.7. The summed E-state index contributed by atoms with van der Waals surface area (Å²) in [7, 11) is 0. The van der Waals surface area contributed by atoms with Crippen molar-refractivity contribution in [2.24, 2.45) is 0 Å². The van der Waals surface area contributed by atoms with Crippen molar-refractivity contribution < 1.29 is 9.47 Å². The number of tetrazole rings is 1. The average molecular weight is 450 g/mol. The monoisotopic (exact) mass is 449 g/mol. The quantitative estimate of drug-likeness (QED) is 0.464. The molecule has 0 saturated heterocycles. The number of halogens is 1. The van der Waals surface area contributed by atoms with Gasteiger partial charge in [-0.2, -0.15) is 0 Å². The summed E-state index contributed by atoms with van der Waals surface area (Å²) in [6, 6.07) is 18.6. The Bertz CT molecular complexity index is 1180. The minimum absolute atomic E-state index is 0. The molecule has 4 aromatic rings. The van der Waals surface area contributed by atoms with Crippen LogP contribution < -0.4 is 4.74 Å². The second-order valence-electron chi connectivity index (χ2n) is 7.47. The van der Waals surface area contributed by atoms with Gasteiger partial charge >= 0.3 is 0 Å². The minimum atomic E-state index is 0. The van der Waals surface area contributed by atoms with Crippen molar-refractivity contribution in [3.05, 3.63) is 77.1 Å². The van der Waals surface area contributed by atoms with E-state index in [9.17, 15) is 0 Å². The highest BCUT2D eigenvalue weighted by Gasteiger charge is 2.18. The summed E-state index contributed by atoms with van der Waals surface area (Å²) in [4.78, 5) is 4.70. The van der Waals surface area contributed by atoms with Crippen molar-refractivity contribution in [2.75, 3.05) is 6.61 Å². The number of aromatic amines is 1.